The van der Waals surface area contributed by atoms with Gasteiger partial charge in [0.1, 0.15) is 6.61 Å². The molecule has 1 amide bonds. The van der Waals surface area contributed by atoms with Crippen LogP contribution in [0.1, 0.15) is 33.5 Å². The van der Waals surface area contributed by atoms with E-state index < -0.39 is 22.0 Å². The van der Waals surface area contributed by atoms with Gasteiger partial charge >= 0.3 is 5.97 Å². The van der Waals surface area contributed by atoms with Crippen LogP contribution in [0, 0.1) is 0 Å². The second-order valence-corrected chi connectivity index (χ2v) is 13.3. The summed E-state index contributed by atoms with van der Waals surface area (Å²) in [6.07, 6.45) is 1.81. The van der Waals surface area contributed by atoms with E-state index in [1.54, 1.807) is 36.4 Å². The molecule has 13 heteroatoms. The Morgan fingerprint density at radius 3 is 2.20 bits per heavy atom. The van der Waals surface area contributed by atoms with Crippen LogP contribution in [0.3, 0.4) is 0 Å². The van der Waals surface area contributed by atoms with Crippen molar-refractivity contribution in [2.24, 2.45) is 10.9 Å². The van der Waals surface area contributed by atoms with Crippen molar-refractivity contribution in [2.75, 3.05) is 44.3 Å². The third kappa shape index (κ3) is 8.25. The lowest BCUT2D eigenvalue weighted by atomic mass is 10.1. The number of likely N-dealkylation sites (tertiary alicyclic amines) is 1. The summed E-state index contributed by atoms with van der Waals surface area (Å²) in [5.74, 6) is -0.598. The molecule has 2 fully saturated rings. The fourth-order valence-electron chi connectivity index (χ4n) is 5.79. The molecule has 0 aromatic heterocycles. The molecule has 2 unspecified atom stereocenters. The minimum absolute atomic E-state index is 0.0174. The zero-order chi connectivity index (χ0) is 32.0. The molecule has 3 aromatic carbocycles. The number of nitrogens with one attached hydrogen (secondary N) is 1. The molecule has 2 heterocycles. The van der Waals surface area contributed by atoms with Gasteiger partial charge in [-0.15, -0.1) is 0 Å². The number of nitrogens with two attached hydrogens (primary N) is 1. The van der Waals surface area contributed by atoms with Gasteiger partial charge in [-0.05, 0) is 41.8 Å². The summed E-state index contributed by atoms with van der Waals surface area (Å²) >= 11 is 0. The molecule has 0 bridgehead atoms. The smallest absolute Gasteiger partial charge is 0.338 e. The maximum atomic E-state index is 13.7. The lowest BCUT2D eigenvalue weighted by Crippen LogP contribution is -2.52. The van der Waals surface area contributed by atoms with Crippen LogP contribution in [-0.2, 0) is 32.7 Å². The van der Waals surface area contributed by atoms with E-state index in [2.05, 4.69) is 20.3 Å². The van der Waals surface area contributed by atoms with E-state index >= 15 is 0 Å². The van der Waals surface area contributed by atoms with Gasteiger partial charge in [-0.1, -0.05) is 59.8 Å². The largest absolute Gasteiger partial charge is 0.457 e. The lowest BCUT2D eigenvalue weighted by molar-refractivity contribution is -0.120. The number of piperazine rings is 1. The minimum Gasteiger partial charge on any atom is -0.457 e. The van der Waals surface area contributed by atoms with Gasteiger partial charge in [0.2, 0.25) is 15.9 Å². The maximum absolute atomic E-state index is 13.7. The summed E-state index contributed by atoms with van der Waals surface area (Å²) in [6, 6.07) is 23.0. The average Bonchev–Trinajstić information content (AvgIpc) is 3.48. The number of benzene rings is 3. The Balaban J connectivity index is 1.25. The van der Waals surface area contributed by atoms with Crippen molar-refractivity contribution in [1.82, 2.24) is 14.1 Å². The number of rotatable bonds is 10. The second kappa shape index (κ2) is 14.2. The number of amidine groups is 1. The quantitative estimate of drug-likeness (QED) is 0.100. The molecular formula is C32H38N6O6S. The van der Waals surface area contributed by atoms with Gasteiger partial charge in [0.25, 0.3) is 0 Å². The highest BCUT2D eigenvalue weighted by molar-refractivity contribution is 7.88. The number of amides is 1. The lowest BCUT2D eigenvalue weighted by Gasteiger charge is -2.36. The molecule has 238 valence electrons. The van der Waals surface area contributed by atoms with E-state index in [0.29, 0.717) is 62.5 Å². The molecule has 5 rings (SSSR count). The molecule has 0 saturated carbocycles. The first kappa shape index (κ1) is 32.1. The fourth-order valence-corrected chi connectivity index (χ4v) is 6.61. The SMILES string of the molecule is CS(=O)(=O)N1CCN(C2CC(C(=O)Nc3ccc(C(=O)OCc4ccccc4)cc3)N(Cc3ccc(C(N)=NO)cc3)C2)CC1. The molecule has 0 aliphatic carbocycles. The number of sulfonamides is 1. The van der Waals surface area contributed by atoms with E-state index in [0.717, 1.165) is 11.1 Å². The molecule has 3 aromatic rings. The number of nitrogens with zero attached hydrogens (tertiary/aromatic N) is 4. The summed E-state index contributed by atoms with van der Waals surface area (Å²) in [5.41, 5.74) is 9.10. The molecular weight excluding hydrogens is 596 g/mol. The monoisotopic (exact) mass is 634 g/mol. The highest BCUT2D eigenvalue weighted by Gasteiger charge is 2.40. The van der Waals surface area contributed by atoms with Crippen molar-refractivity contribution in [3.63, 3.8) is 0 Å². The van der Waals surface area contributed by atoms with Crippen LogP contribution in [0.4, 0.5) is 5.69 Å². The summed E-state index contributed by atoms with van der Waals surface area (Å²) in [7, 11) is -3.25. The van der Waals surface area contributed by atoms with Crippen LogP contribution in [0.25, 0.3) is 0 Å². The zero-order valence-electron chi connectivity index (χ0n) is 25.1. The van der Waals surface area contributed by atoms with Crippen molar-refractivity contribution < 1.29 is 28.0 Å². The Hall–Kier alpha value is -4.30. The van der Waals surface area contributed by atoms with Crippen LogP contribution in [-0.4, -0.2) is 96.5 Å². The first-order valence-electron chi connectivity index (χ1n) is 14.7. The van der Waals surface area contributed by atoms with Crippen LogP contribution < -0.4 is 11.1 Å². The van der Waals surface area contributed by atoms with E-state index in [1.807, 2.05) is 42.5 Å². The first-order valence-corrected chi connectivity index (χ1v) is 16.6. The number of anilines is 1. The third-order valence-corrected chi connectivity index (χ3v) is 9.59. The van der Waals surface area contributed by atoms with Crippen LogP contribution in [0.2, 0.25) is 0 Å². The molecule has 0 spiro atoms. The number of hydrogen-bond acceptors (Lipinski definition) is 9. The average molecular weight is 635 g/mol. The molecule has 4 N–H and O–H groups in total. The highest BCUT2D eigenvalue weighted by Crippen LogP contribution is 2.27. The number of carbonyl (C=O) groups is 2. The van der Waals surface area contributed by atoms with Gasteiger partial charge < -0.3 is 21.0 Å². The van der Waals surface area contributed by atoms with E-state index in [9.17, 15) is 18.0 Å². The summed E-state index contributed by atoms with van der Waals surface area (Å²) in [6.45, 7) is 3.33. The first-order chi connectivity index (χ1) is 21.6. The standard InChI is InChI=1S/C32H38N6O6S/c1-45(42,43)38-17-15-36(16-18-38)28-19-29(37(21-28)20-23-7-9-25(10-8-23)30(33)35-41)31(39)34-27-13-11-26(12-14-27)32(40)44-22-24-5-3-2-4-6-24/h2-14,28-29,41H,15-22H2,1H3,(H2,33,35)(H,34,39). The van der Waals surface area contributed by atoms with E-state index in [1.165, 1.54) is 10.6 Å². The summed E-state index contributed by atoms with van der Waals surface area (Å²) < 4.78 is 30.9. The number of ether oxygens (including phenoxy) is 1. The van der Waals surface area contributed by atoms with Crippen LogP contribution in [0.5, 0.6) is 0 Å². The molecule has 2 aliphatic rings. The van der Waals surface area contributed by atoms with Crippen molar-refractivity contribution >= 4 is 33.4 Å². The molecule has 45 heavy (non-hydrogen) atoms. The Morgan fingerprint density at radius 2 is 1.58 bits per heavy atom. The van der Waals surface area contributed by atoms with Gasteiger partial charge in [0.05, 0.1) is 17.9 Å². The molecule has 12 nitrogen and oxygen atoms in total. The van der Waals surface area contributed by atoms with Crippen molar-refractivity contribution in [1.29, 1.82) is 0 Å². The minimum atomic E-state index is -3.25. The Labute approximate surface area is 263 Å². The number of hydrogen-bond donors (Lipinski definition) is 3. The van der Waals surface area contributed by atoms with E-state index in [4.69, 9.17) is 15.7 Å². The van der Waals surface area contributed by atoms with Crippen molar-refractivity contribution in [3.8, 4) is 0 Å². The number of oxime groups is 1. The number of carbonyl (C=O) groups excluding carboxylic acids is 2. The molecule has 0 radical (unpaired) electrons. The van der Waals surface area contributed by atoms with Gasteiger partial charge in [-0.2, -0.15) is 4.31 Å². The normalized spacial score (nSPS) is 20.2. The van der Waals surface area contributed by atoms with Gasteiger partial charge in [-0.3, -0.25) is 14.6 Å². The molecule has 2 atom stereocenters. The van der Waals surface area contributed by atoms with E-state index in [-0.39, 0.29) is 24.4 Å². The number of esters is 1. The van der Waals surface area contributed by atoms with Gasteiger partial charge in [0.15, 0.2) is 5.84 Å². The highest BCUT2D eigenvalue weighted by atomic mass is 32.2. The fraction of sp³-hybridized carbons (Fsp3) is 0.344. The summed E-state index contributed by atoms with van der Waals surface area (Å²) in [4.78, 5) is 30.6. The van der Waals surface area contributed by atoms with Crippen LogP contribution in [0.15, 0.2) is 84.0 Å². The van der Waals surface area contributed by atoms with Crippen molar-refractivity contribution in [3.05, 3.63) is 101 Å². The second-order valence-electron chi connectivity index (χ2n) is 11.3. The Morgan fingerprint density at radius 1 is 0.933 bits per heavy atom. The predicted octanol–water partition coefficient (Wildman–Crippen LogP) is 2.30. The van der Waals surface area contributed by atoms with Gasteiger partial charge in [-0.25, -0.2) is 13.2 Å². The molecule has 2 aliphatic heterocycles. The molecule has 2 saturated heterocycles. The summed E-state index contributed by atoms with van der Waals surface area (Å²) in [5, 5.41) is 15.0. The predicted molar refractivity (Wildman–Crippen MR) is 170 cm³/mol. The topological polar surface area (TPSA) is 158 Å². The van der Waals surface area contributed by atoms with Crippen molar-refractivity contribution in [2.45, 2.75) is 31.7 Å². The third-order valence-electron chi connectivity index (χ3n) is 8.29. The maximum Gasteiger partial charge on any atom is 0.338 e. The van der Waals surface area contributed by atoms with Gasteiger partial charge in [0, 0.05) is 56.6 Å². The zero-order valence-corrected chi connectivity index (χ0v) is 25.9. The van der Waals surface area contributed by atoms with Crippen LogP contribution >= 0.6 is 0 Å². The Kier molecular flexibility index (Phi) is 10.1. The Bertz CT molecular complexity index is 1610.